The second kappa shape index (κ2) is 5.91. The van der Waals surface area contributed by atoms with Gasteiger partial charge in [-0.15, -0.1) is 0 Å². The molecule has 0 bridgehead atoms. The fraction of sp³-hybridized carbons (Fsp3) is 0.500. The van der Waals surface area contributed by atoms with Gasteiger partial charge in [0.05, 0.1) is 11.3 Å². The van der Waals surface area contributed by atoms with Crippen molar-refractivity contribution in [1.82, 2.24) is 5.32 Å². The first kappa shape index (κ1) is 16.8. The van der Waals surface area contributed by atoms with Crippen LogP contribution in [-0.2, 0) is 26.6 Å². The molecule has 8 heteroatoms. The lowest BCUT2D eigenvalue weighted by molar-refractivity contribution is -0.137. The van der Waals surface area contributed by atoms with E-state index in [1.54, 1.807) is 0 Å². The van der Waals surface area contributed by atoms with Gasteiger partial charge in [-0.2, -0.15) is 13.2 Å². The van der Waals surface area contributed by atoms with Crippen molar-refractivity contribution in [2.75, 3.05) is 0 Å². The number of carbonyl (C=O) groups is 1. The first-order chi connectivity index (χ1) is 10.1. The second-order valence-corrected chi connectivity index (χ2v) is 7.75. The fourth-order valence-electron chi connectivity index (χ4n) is 1.86. The third kappa shape index (κ3) is 4.22. The number of hydrogen-bond acceptors (Lipinski definition) is 3. The quantitative estimate of drug-likeness (QED) is 0.898. The minimum atomic E-state index is -4.46. The molecule has 1 saturated carbocycles. The number of amides is 1. The number of benzene rings is 1. The Morgan fingerprint density at radius 1 is 1.27 bits per heavy atom. The molecule has 0 spiro atoms. The van der Waals surface area contributed by atoms with E-state index in [2.05, 4.69) is 5.32 Å². The Labute approximate surface area is 126 Å². The normalized spacial score (nSPS) is 17.1. The summed E-state index contributed by atoms with van der Waals surface area (Å²) < 4.78 is 61.6. The van der Waals surface area contributed by atoms with Crippen molar-refractivity contribution in [1.29, 1.82) is 0 Å². The zero-order valence-electron chi connectivity index (χ0n) is 11.9. The lowest BCUT2D eigenvalue weighted by Gasteiger charge is -2.13. The lowest BCUT2D eigenvalue weighted by atomic mass is 10.1. The molecule has 1 aromatic rings. The molecule has 1 N–H and O–H groups in total. The highest BCUT2D eigenvalue weighted by Gasteiger charge is 2.33. The lowest BCUT2D eigenvalue weighted by Crippen LogP contribution is -2.39. The van der Waals surface area contributed by atoms with E-state index in [9.17, 15) is 26.4 Å². The molecule has 1 unspecified atom stereocenters. The van der Waals surface area contributed by atoms with Crippen molar-refractivity contribution in [2.24, 2.45) is 0 Å². The first-order valence-corrected chi connectivity index (χ1v) is 8.49. The average Bonchev–Trinajstić information content (AvgIpc) is 3.20. The molecular formula is C14H16F3NO3S. The van der Waals surface area contributed by atoms with Gasteiger partial charge in [0.15, 0.2) is 9.84 Å². The van der Waals surface area contributed by atoms with Crippen molar-refractivity contribution in [3.8, 4) is 0 Å². The molecule has 1 fully saturated rings. The van der Waals surface area contributed by atoms with Crippen molar-refractivity contribution in [2.45, 2.75) is 43.0 Å². The van der Waals surface area contributed by atoms with E-state index < -0.39 is 38.5 Å². The molecule has 22 heavy (non-hydrogen) atoms. The maximum absolute atomic E-state index is 12.4. The molecular weight excluding hydrogens is 319 g/mol. The molecule has 122 valence electrons. The van der Waals surface area contributed by atoms with Gasteiger partial charge in [-0.25, -0.2) is 8.42 Å². The maximum atomic E-state index is 12.4. The van der Waals surface area contributed by atoms with Gasteiger partial charge in [-0.3, -0.25) is 4.79 Å². The summed E-state index contributed by atoms with van der Waals surface area (Å²) in [4.78, 5) is 11.8. The fourth-order valence-corrected chi connectivity index (χ4v) is 3.16. The van der Waals surface area contributed by atoms with Gasteiger partial charge < -0.3 is 5.32 Å². The summed E-state index contributed by atoms with van der Waals surface area (Å²) in [5, 5.41) is 1.38. The van der Waals surface area contributed by atoms with E-state index in [-0.39, 0.29) is 11.6 Å². The van der Waals surface area contributed by atoms with Crippen LogP contribution in [0.3, 0.4) is 0 Å². The number of rotatable bonds is 5. The monoisotopic (exact) mass is 335 g/mol. The van der Waals surface area contributed by atoms with Gasteiger partial charge in [0.2, 0.25) is 5.91 Å². The maximum Gasteiger partial charge on any atom is 0.416 e. The molecule has 1 aliphatic rings. The van der Waals surface area contributed by atoms with Gasteiger partial charge in [-0.1, -0.05) is 12.1 Å². The molecule has 1 aliphatic carbocycles. The average molecular weight is 335 g/mol. The van der Waals surface area contributed by atoms with Crippen LogP contribution in [0.5, 0.6) is 0 Å². The Bertz CT molecular complexity index is 649. The predicted octanol–water partition coefficient (Wildman–Crippen LogP) is 2.29. The highest BCUT2D eigenvalue weighted by Crippen LogP contribution is 2.29. The Morgan fingerprint density at radius 2 is 1.82 bits per heavy atom. The third-order valence-electron chi connectivity index (χ3n) is 3.48. The van der Waals surface area contributed by atoms with E-state index in [0.29, 0.717) is 0 Å². The molecule has 0 aliphatic heterocycles. The number of hydrogen-bond donors (Lipinski definition) is 1. The van der Waals surface area contributed by atoms with E-state index in [0.717, 1.165) is 37.1 Å². The smallest absolute Gasteiger partial charge is 0.352 e. The SMILES string of the molecule is CC(C(=O)NC1CC1)S(=O)(=O)Cc1ccc(C(F)(F)F)cc1. The van der Waals surface area contributed by atoms with Gasteiger partial charge in [-0.05, 0) is 37.5 Å². The van der Waals surface area contributed by atoms with Crippen LogP contribution in [0, 0.1) is 0 Å². The first-order valence-electron chi connectivity index (χ1n) is 6.77. The minimum Gasteiger partial charge on any atom is -0.352 e. The van der Waals surface area contributed by atoms with E-state index in [4.69, 9.17) is 0 Å². The van der Waals surface area contributed by atoms with Crippen LogP contribution >= 0.6 is 0 Å². The van der Waals surface area contributed by atoms with Crippen LogP contribution in [0.4, 0.5) is 13.2 Å². The van der Waals surface area contributed by atoms with Crippen LogP contribution in [0.1, 0.15) is 30.9 Å². The number of carbonyl (C=O) groups excluding carboxylic acids is 1. The Hall–Kier alpha value is -1.57. The summed E-state index contributed by atoms with van der Waals surface area (Å²) in [6, 6.07) is 3.95. The molecule has 1 aromatic carbocycles. The Morgan fingerprint density at radius 3 is 2.27 bits per heavy atom. The molecule has 0 saturated heterocycles. The standard InChI is InChI=1S/C14H16F3NO3S/c1-9(13(19)18-12-6-7-12)22(20,21)8-10-2-4-11(5-3-10)14(15,16)17/h2-5,9,12H,6-8H2,1H3,(H,18,19). The van der Waals surface area contributed by atoms with Gasteiger partial charge in [0.1, 0.15) is 5.25 Å². The van der Waals surface area contributed by atoms with E-state index in [1.807, 2.05) is 0 Å². The number of nitrogens with one attached hydrogen (secondary N) is 1. The molecule has 0 aromatic heterocycles. The predicted molar refractivity (Wildman–Crippen MR) is 74.7 cm³/mol. The number of halogens is 3. The zero-order valence-corrected chi connectivity index (χ0v) is 12.7. The molecule has 1 amide bonds. The topological polar surface area (TPSA) is 63.2 Å². The summed E-state index contributed by atoms with van der Waals surface area (Å²) >= 11 is 0. The van der Waals surface area contributed by atoms with Crippen LogP contribution in [0.2, 0.25) is 0 Å². The molecule has 4 nitrogen and oxygen atoms in total. The summed E-state index contributed by atoms with van der Waals surface area (Å²) in [5.41, 5.74) is -0.618. The molecule has 2 rings (SSSR count). The molecule has 0 heterocycles. The highest BCUT2D eigenvalue weighted by molar-refractivity contribution is 7.92. The van der Waals surface area contributed by atoms with E-state index >= 15 is 0 Å². The number of sulfone groups is 1. The van der Waals surface area contributed by atoms with Crippen LogP contribution in [0.15, 0.2) is 24.3 Å². The van der Waals surface area contributed by atoms with Crippen molar-refractivity contribution >= 4 is 15.7 Å². The van der Waals surface area contributed by atoms with Gasteiger partial charge in [0.25, 0.3) is 0 Å². The van der Waals surface area contributed by atoms with E-state index in [1.165, 1.54) is 6.92 Å². The van der Waals surface area contributed by atoms with Crippen LogP contribution in [-0.4, -0.2) is 25.6 Å². The summed E-state index contributed by atoms with van der Waals surface area (Å²) in [6.45, 7) is 1.29. The molecule has 0 radical (unpaired) electrons. The van der Waals surface area contributed by atoms with Gasteiger partial charge in [0, 0.05) is 6.04 Å². The van der Waals surface area contributed by atoms with Crippen LogP contribution < -0.4 is 5.32 Å². The summed E-state index contributed by atoms with van der Waals surface area (Å²) in [5.74, 6) is -1.03. The Balaban J connectivity index is 2.05. The highest BCUT2D eigenvalue weighted by atomic mass is 32.2. The summed E-state index contributed by atoms with van der Waals surface area (Å²) in [7, 11) is -3.77. The van der Waals surface area contributed by atoms with Crippen molar-refractivity contribution < 1.29 is 26.4 Å². The minimum absolute atomic E-state index is 0.0521. The third-order valence-corrected chi connectivity index (χ3v) is 5.51. The van der Waals surface area contributed by atoms with Gasteiger partial charge >= 0.3 is 6.18 Å². The second-order valence-electron chi connectivity index (χ2n) is 5.43. The zero-order chi connectivity index (χ0) is 16.5. The largest absolute Gasteiger partial charge is 0.416 e. The molecule has 1 atom stereocenters. The van der Waals surface area contributed by atoms with Crippen molar-refractivity contribution in [3.63, 3.8) is 0 Å². The van der Waals surface area contributed by atoms with Crippen LogP contribution in [0.25, 0.3) is 0 Å². The van der Waals surface area contributed by atoms with Crippen molar-refractivity contribution in [3.05, 3.63) is 35.4 Å². The Kier molecular flexibility index (Phi) is 4.51. The summed E-state index contributed by atoms with van der Waals surface area (Å²) in [6.07, 6.45) is -2.77. The number of alkyl halides is 3.